The average Bonchev–Trinajstić information content (AvgIpc) is 2.90. The highest BCUT2D eigenvalue weighted by Crippen LogP contribution is 2.34. The summed E-state index contributed by atoms with van der Waals surface area (Å²) < 4.78 is 0. The van der Waals surface area contributed by atoms with E-state index in [4.69, 9.17) is 5.73 Å². The monoisotopic (exact) mass is 294 g/mol. The fourth-order valence-electron chi connectivity index (χ4n) is 4.15. The molecule has 2 aliphatic rings. The van der Waals surface area contributed by atoms with Gasteiger partial charge in [-0.3, -0.25) is 4.79 Å². The number of hydrogen-bond acceptors (Lipinski definition) is 2. The van der Waals surface area contributed by atoms with Crippen LogP contribution in [0.25, 0.3) is 0 Å². The van der Waals surface area contributed by atoms with Crippen LogP contribution in [-0.4, -0.2) is 30.4 Å². The van der Waals surface area contributed by atoms with E-state index in [0.717, 1.165) is 44.7 Å². The molecule has 2 unspecified atom stereocenters. The molecule has 0 aromatic rings. The van der Waals surface area contributed by atoms with Crippen molar-refractivity contribution in [1.82, 2.24) is 4.90 Å². The van der Waals surface area contributed by atoms with Crippen molar-refractivity contribution in [2.45, 2.75) is 71.6 Å². The highest BCUT2D eigenvalue weighted by Gasteiger charge is 2.37. The Hall–Kier alpha value is -0.570. The van der Waals surface area contributed by atoms with Gasteiger partial charge in [0.2, 0.25) is 5.91 Å². The SMILES string of the molecule is CCCC(CC1CCCCC1)C(=O)N1CCC(C)(CN)C1. The molecular formula is C18H34N2O. The molecular weight excluding hydrogens is 260 g/mol. The fourth-order valence-corrected chi connectivity index (χ4v) is 4.15. The second-order valence-electron chi connectivity index (χ2n) is 7.75. The average molecular weight is 294 g/mol. The highest BCUT2D eigenvalue weighted by atomic mass is 16.2. The van der Waals surface area contributed by atoms with Crippen molar-refractivity contribution in [1.29, 1.82) is 0 Å². The first kappa shape index (κ1) is 16.8. The molecule has 2 fully saturated rings. The van der Waals surface area contributed by atoms with Gasteiger partial charge in [-0.25, -0.2) is 0 Å². The van der Waals surface area contributed by atoms with Crippen LogP contribution in [0.2, 0.25) is 0 Å². The number of amides is 1. The third kappa shape index (κ3) is 4.45. The Kier molecular flexibility index (Phi) is 6.09. The van der Waals surface area contributed by atoms with Gasteiger partial charge < -0.3 is 10.6 Å². The van der Waals surface area contributed by atoms with E-state index in [2.05, 4.69) is 18.7 Å². The lowest BCUT2D eigenvalue weighted by Crippen LogP contribution is -2.38. The Balaban J connectivity index is 1.92. The molecule has 21 heavy (non-hydrogen) atoms. The lowest BCUT2D eigenvalue weighted by Gasteiger charge is -2.29. The molecule has 1 heterocycles. The minimum Gasteiger partial charge on any atom is -0.342 e. The Labute approximate surface area is 130 Å². The zero-order chi connectivity index (χ0) is 15.3. The molecule has 0 aromatic heterocycles. The van der Waals surface area contributed by atoms with Crippen LogP contribution in [-0.2, 0) is 4.79 Å². The van der Waals surface area contributed by atoms with Crippen molar-refractivity contribution in [3.63, 3.8) is 0 Å². The van der Waals surface area contributed by atoms with Crippen LogP contribution in [0, 0.1) is 17.3 Å². The number of carbonyl (C=O) groups excluding carboxylic acids is 1. The van der Waals surface area contributed by atoms with Gasteiger partial charge in [-0.2, -0.15) is 0 Å². The molecule has 1 saturated heterocycles. The summed E-state index contributed by atoms with van der Waals surface area (Å²) in [5.74, 6) is 1.47. The fraction of sp³-hybridized carbons (Fsp3) is 0.944. The zero-order valence-corrected chi connectivity index (χ0v) is 14.1. The van der Waals surface area contributed by atoms with E-state index in [9.17, 15) is 4.79 Å². The third-order valence-corrected chi connectivity index (χ3v) is 5.69. The molecule has 0 aromatic carbocycles. The minimum atomic E-state index is 0.150. The Morgan fingerprint density at radius 3 is 2.62 bits per heavy atom. The van der Waals surface area contributed by atoms with Gasteiger partial charge in [-0.05, 0) is 37.1 Å². The maximum absolute atomic E-state index is 12.9. The van der Waals surface area contributed by atoms with Gasteiger partial charge in [0.1, 0.15) is 0 Å². The van der Waals surface area contributed by atoms with Crippen LogP contribution >= 0.6 is 0 Å². The predicted octanol–water partition coefficient (Wildman–Crippen LogP) is 3.57. The second-order valence-corrected chi connectivity index (χ2v) is 7.75. The van der Waals surface area contributed by atoms with E-state index >= 15 is 0 Å². The van der Waals surface area contributed by atoms with E-state index in [1.54, 1.807) is 0 Å². The van der Waals surface area contributed by atoms with Crippen LogP contribution in [0.15, 0.2) is 0 Å². The second kappa shape index (κ2) is 7.62. The van der Waals surface area contributed by atoms with E-state index in [1.807, 2.05) is 0 Å². The molecule has 2 atom stereocenters. The summed E-state index contributed by atoms with van der Waals surface area (Å²) in [6, 6.07) is 0. The molecule has 1 saturated carbocycles. The standard InChI is InChI=1S/C18H34N2O/c1-3-7-16(12-15-8-5-4-6-9-15)17(21)20-11-10-18(2,13-19)14-20/h15-16H,3-14,19H2,1-2H3. The van der Waals surface area contributed by atoms with E-state index in [1.165, 1.54) is 32.1 Å². The van der Waals surface area contributed by atoms with Gasteiger partial charge in [0.05, 0.1) is 0 Å². The first-order valence-electron chi connectivity index (χ1n) is 9.07. The minimum absolute atomic E-state index is 0.150. The number of carbonyl (C=O) groups is 1. The Bertz CT molecular complexity index is 338. The quantitative estimate of drug-likeness (QED) is 0.814. The van der Waals surface area contributed by atoms with Crippen molar-refractivity contribution in [2.75, 3.05) is 19.6 Å². The maximum atomic E-state index is 12.9. The van der Waals surface area contributed by atoms with Crippen molar-refractivity contribution >= 4 is 5.91 Å². The van der Waals surface area contributed by atoms with E-state index in [0.29, 0.717) is 12.5 Å². The van der Waals surface area contributed by atoms with Crippen LogP contribution in [0.3, 0.4) is 0 Å². The molecule has 0 bridgehead atoms. The first-order chi connectivity index (χ1) is 10.1. The van der Waals surface area contributed by atoms with E-state index in [-0.39, 0.29) is 11.3 Å². The summed E-state index contributed by atoms with van der Waals surface area (Å²) in [4.78, 5) is 15.0. The van der Waals surface area contributed by atoms with Crippen molar-refractivity contribution in [2.24, 2.45) is 23.0 Å². The van der Waals surface area contributed by atoms with Gasteiger partial charge in [0, 0.05) is 19.0 Å². The van der Waals surface area contributed by atoms with Gasteiger partial charge in [0.25, 0.3) is 0 Å². The number of nitrogens with zero attached hydrogens (tertiary/aromatic N) is 1. The van der Waals surface area contributed by atoms with Gasteiger partial charge in [0.15, 0.2) is 0 Å². The summed E-state index contributed by atoms with van der Waals surface area (Å²) in [5, 5.41) is 0. The summed E-state index contributed by atoms with van der Waals surface area (Å²) >= 11 is 0. The maximum Gasteiger partial charge on any atom is 0.225 e. The molecule has 1 aliphatic heterocycles. The molecule has 1 amide bonds. The molecule has 2 N–H and O–H groups in total. The molecule has 0 radical (unpaired) electrons. The molecule has 122 valence electrons. The van der Waals surface area contributed by atoms with Crippen LogP contribution < -0.4 is 5.73 Å². The van der Waals surface area contributed by atoms with Crippen molar-refractivity contribution in [3.05, 3.63) is 0 Å². The predicted molar refractivity (Wildman–Crippen MR) is 87.9 cm³/mol. The smallest absolute Gasteiger partial charge is 0.225 e. The van der Waals surface area contributed by atoms with Crippen molar-refractivity contribution < 1.29 is 4.79 Å². The summed E-state index contributed by atoms with van der Waals surface area (Å²) in [6.45, 7) is 6.90. The molecule has 1 aliphatic carbocycles. The normalized spacial score (nSPS) is 28.8. The lowest BCUT2D eigenvalue weighted by molar-refractivity contribution is -0.135. The molecule has 3 heteroatoms. The zero-order valence-electron chi connectivity index (χ0n) is 14.1. The molecule has 2 rings (SSSR count). The largest absolute Gasteiger partial charge is 0.342 e. The highest BCUT2D eigenvalue weighted by molar-refractivity contribution is 5.79. The Morgan fingerprint density at radius 1 is 1.33 bits per heavy atom. The number of hydrogen-bond donors (Lipinski definition) is 1. The number of rotatable bonds is 6. The summed E-state index contributed by atoms with van der Waals surface area (Å²) in [6.07, 6.45) is 11.2. The summed E-state index contributed by atoms with van der Waals surface area (Å²) in [5.41, 5.74) is 6.03. The summed E-state index contributed by atoms with van der Waals surface area (Å²) in [7, 11) is 0. The van der Waals surface area contributed by atoms with E-state index < -0.39 is 0 Å². The first-order valence-corrected chi connectivity index (χ1v) is 9.07. The molecule has 0 spiro atoms. The third-order valence-electron chi connectivity index (χ3n) is 5.69. The molecule has 3 nitrogen and oxygen atoms in total. The van der Waals surface area contributed by atoms with Crippen LogP contribution in [0.4, 0.5) is 0 Å². The van der Waals surface area contributed by atoms with Gasteiger partial charge >= 0.3 is 0 Å². The van der Waals surface area contributed by atoms with Crippen LogP contribution in [0.5, 0.6) is 0 Å². The van der Waals surface area contributed by atoms with Crippen LogP contribution in [0.1, 0.15) is 71.6 Å². The van der Waals surface area contributed by atoms with Gasteiger partial charge in [-0.1, -0.05) is 52.4 Å². The van der Waals surface area contributed by atoms with Crippen molar-refractivity contribution in [3.8, 4) is 0 Å². The number of likely N-dealkylation sites (tertiary alicyclic amines) is 1. The topological polar surface area (TPSA) is 46.3 Å². The number of nitrogens with two attached hydrogens (primary N) is 1. The lowest BCUT2D eigenvalue weighted by atomic mass is 9.81. The van der Waals surface area contributed by atoms with Gasteiger partial charge in [-0.15, -0.1) is 0 Å². The Morgan fingerprint density at radius 2 is 2.05 bits per heavy atom.